The molecule has 0 spiro atoms. The lowest BCUT2D eigenvalue weighted by Gasteiger charge is -2.22. The zero-order chi connectivity index (χ0) is 17.9. The molecule has 3 N–H and O–H groups in total. The van der Waals surface area contributed by atoms with Crippen molar-refractivity contribution < 1.29 is 9.90 Å². The first-order chi connectivity index (χ1) is 11.3. The Balaban J connectivity index is 2.73. The van der Waals surface area contributed by atoms with Crippen LogP contribution in [0.3, 0.4) is 0 Å². The quantitative estimate of drug-likeness (QED) is 0.839. The highest BCUT2D eigenvalue weighted by atomic mass is 16.3. The number of carbonyl (C=O) groups is 1. The molecule has 0 saturated carbocycles. The molecule has 0 heterocycles. The van der Waals surface area contributed by atoms with Gasteiger partial charge in [0.1, 0.15) is 0 Å². The molecule has 0 fully saturated rings. The molecule has 0 atom stereocenters. The molecule has 0 aliphatic carbocycles. The van der Waals surface area contributed by atoms with E-state index in [9.17, 15) is 9.90 Å². The molecule has 0 aromatic heterocycles. The van der Waals surface area contributed by atoms with Gasteiger partial charge in [0.15, 0.2) is 0 Å². The van der Waals surface area contributed by atoms with E-state index < -0.39 is 0 Å². The highest BCUT2D eigenvalue weighted by Gasteiger charge is 2.18. The molecule has 0 radical (unpaired) electrons. The third-order valence-electron chi connectivity index (χ3n) is 4.41. The van der Waals surface area contributed by atoms with Crippen molar-refractivity contribution in [2.45, 2.75) is 52.6 Å². The molecule has 0 unspecified atom stereocenters. The summed E-state index contributed by atoms with van der Waals surface area (Å²) in [6, 6.07) is 12.2. The van der Waals surface area contributed by atoms with Crippen LogP contribution < -0.4 is 5.73 Å². The molecular formula is C21H27NO2. The van der Waals surface area contributed by atoms with Crippen molar-refractivity contribution in [1.29, 1.82) is 0 Å². The van der Waals surface area contributed by atoms with Gasteiger partial charge >= 0.3 is 0 Å². The Labute approximate surface area is 144 Å². The summed E-state index contributed by atoms with van der Waals surface area (Å²) in [6.45, 7) is 8.53. The van der Waals surface area contributed by atoms with Crippen molar-refractivity contribution in [3.63, 3.8) is 0 Å². The van der Waals surface area contributed by atoms with E-state index in [2.05, 4.69) is 39.8 Å². The van der Waals surface area contributed by atoms with Gasteiger partial charge in [0.25, 0.3) is 0 Å². The fourth-order valence-electron chi connectivity index (χ4n) is 3.22. The molecule has 1 amide bonds. The molecule has 3 nitrogen and oxygen atoms in total. The van der Waals surface area contributed by atoms with Crippen LogP contribution in [-0.4, -0.2) is 11.0 Å². The van der Waals surface area contributed by atoms with Crippen molar-refractivity contribution in [3.05, 3.63) is 58.7 Å². The van der Waals surface area contributed by atoms with Crippen molar-refractivity contribution in [1.82, 2.24) is 0 Å². The van der Waals surface area contributed by atoms with Gasteiger partial charge in [-0.3, -0.25) is 4.79 Å². The van der Waals surface area contributed by atoms with Crippen LogP contribution in [0.5, 0.6) is 0 Å². The van der Waals surface area contributed by atoms with E-state index >= 15 is 0 Å². The van der Waals surface area contributed by atoms with E-state index in [0.29, 0.717) is 0 Å². The normalized spacial score (nSPS) is 11.3. The number of hydrogen-bond donors (Lipinski definition) is 2. The second-order valence-corrected chi connectivity index (χ2v) is 6.90. The molecule has 2 rings (SSSR count). The fourth-order valence-corrected chi connectivity index (χ4v) is 3.22. The van der Waals surface area contributed by atoms with Crippen LogP contribution in [0, 0.1) is 0 Å². The maximum absolute atomic E-state index is 11.6. The average molecular weight is 325 g/mol. The second kappa shape index (κ2) is 7.63. The van der Waals surface area contributed by atoms with Gasteiger partial charge < -0.3 is 10.8 Å². The Kier molecular flexibility index (Phi) is 5.79. The fraction of sp³-hybridized carbons (Fsp3) is 0.381. The van der Waals surface area contributed by atoms with Gasteiger partial charge in [-0.1, -0.05) is 64.1 Å². The highest BCUT2D eigenvalue weighted by Crippen LogP contribution is 2.35. The van der Waals surface area contributed by atoms with Crippen molar-refractivity contribution in [2.24, 2.45) is 5.73 Å². The van der Waals surface area contributed by atoms with Crippen LogP contribution in [0.15, 0.2) is 36.4 Å². The summed E-state index contributed by atoms with van der Waals surface area (Å²) in [4.78, 5) is 11.6. The molecule has 2 aromatic rings. The number of aliphatic hydroxyl groups excluding tert-OH is 1. The van der Waals surface area contributed by atoms with Gasteiger partial charge in [0.05, 0.1) is 13.0 Å². The van der Waals surface area contributed by atoms with Gasteiger partial charge in [-0.05, 0) is 45.2 Å². The molecule has 128 valence electrons. The van der Waals surface area contributed by atoms with Crippen LogP contribution in [0.25, 0.3) is 11.1 Å². The van der Waals surface area contributed by atoms with E-state index in [-0.39, 0.29) is 30.8 Å². The number of rotatable bonds is 6. The number of primary amides is 1. The SMILES string of the molecule is CC(C)c1cc(-c2ccccc2CO)cc(C(C)C)c1CC(N)=O. The lowest BCUT2D eigenvalue weighted by Crippen LogP contribution is -2.17. The first-order valence-electron chi connectivity index (χ1n) is 8.49. The Morgan fingerprint density at radius 3 is 2.04 bits per heavy atom. The van der Waals surface area contributed by atoms with Crippen molar-refractivity contribution in [3.8, 4) is 11.1 Å². The van der Waals surface area contributed by atoms with Gasteiger partial charge in [0, 0.05) is 0 Å². The Bertz CT molecular complexity index is 703. The molecular weight excluding hydrogens is 298 g/mol. The third-order valence-corrected chi connectivity index (χ3v) is 4.41. The summed E-state index contributed by atoms with van der Waals surface area (Å²) < 4.78 is 0. The zero-order valence-electron chi connectivity index (χ0n) is 15.0. The van der Waals surface area contributed by atoms with Crippen molar-refractivity contribution >= 4 is 5.91 Å². The first-order valence-corrected chi connectivity index (χ1v) is 8.49. The van der Waals surface area contributed by atoms with E-state index in [1.54, 1.807) is 0 Å². The molecule has 2 aromatic carbocycles. The zero-order valence-corrected chi connectivity index (χ0v) is 15.0. The van der Waals surface area contributed by atoms with Gasteiger partial charge in [-0.15, -0.1) is 0 Å². The second-order valence-electron chi connectivity index (χ2n) is 6.90. The number of nitrogens with two attached hydrogens (primary N) is 1. The standard InChI is InChI=1S/C21H27NO2/c1-13(2)18-9-16(17-8-6-5-7-15(17)12-23)10-19(14(3)4)20(18)11-21(22)24/h5-10,13-14,23H,11-12H2,1-4H3,(H2,22,24). The minimum Gasteiger partial charge on any atom is -0.392 e. The predicted molar refractivity (Wildman–Crippen MR) is 98.9 cm³/mol. The largest absolute Gasteiger partial charge is 0.392 e. The van der Waals surface area contributed by atoms with Crippen LogP contribution >= 0.6 is 0 Å². The lowest BCUT2D eigenvalue weighted by molar-refractivity contribution is -0.117. The van der Waals surface area contributed by atoms with Gasteiger partial charge in [-0.25, -0.2) is 0 Å². The molecule has 0 bridgehead atoms. The maximum atomic E-state index is 11.6. The average Bonchev–Trinajstić information content (AvgIpc) is 2.53. The van der Waals surface area contributed by atoms with Crippen LogP contribution in [-0.2, 0) is 17.8 Å². The maximum Gasteiger partial charge on any atom is 0.221 e. The number of aliphatic hydroxyl groups is 1. The van der Waals surface area contributed by atoms with Crippen LogP contribution in [0.4, 0.5) is 0 Å². The summed E-state index contributed by atoms with van der Waals surface area (Å²) >= 11 is 0. The van der Waals surface area contributed by atoms with E-state index in [4.69, 9.17) is 5.73 Å². The van der Waals surface area contributed by atoms with Gasteiger partial charge in [0.2, 0.25) is 5.91 Å². The highest BCUT2D eigenvalue weighted by molar-refractivity contribution is 5.79. The van der Waals surface area contributed by atoms with Crippen LogP contribution in [0.1, 0.15) is 61.8 Å². The summed E-state index contributed by atoms with van der Waals surface area (Å²) in [5.41, 5.74) is 11.9. The summed E-state index contributed by atoms with van der Waals surface area (Å²) in [6.07, 6.45) is 0.267. The Morgan fingerprint density at radius 2 is 1.58 bits per heavy atom. The number of hydrogen-bond acceptors (Lipinski definition) is 2. The number of benzene rings is 2. The molecule has 0 saturated heterocycles. The van der Waals surface area contributed by atoms with E-state index in [1.807, 2.05) is 24.3 Å². The van der Waals surface area contributed by atoms with Crippen LogP contribution in [0.2, 0.25) is 0 Å². The molecule has 24 heavy (non-hydrogen) atoms. The topological polar surface area (TPSA) is 63.3 Å². The van der Waals surface area contributed by atoms with Crippen molar-refractivity contribution in [2.75, 3.05) is 0 Å². The lowest BCUT2D eigenvalue weighted by atomic mass is 9.83. The molecule has 3 heteroatoms. The minimum absolute atomic E-state index is 0.00718. The van der Waals surface area contributed by atoms with E-state index in [0.717, 1.165) is 33.4 Å². The summed E-state index contributed by atoms with van der Waals surface area (Å²) in [7, 11) is 0. The van der Waals surface area contributed by atoms with Gasteiger partial charge in [-0.2, -0.15) is 0 Å². The summed E-state index contributed by atoms with van der Waals surface area (Å²) in [5.74, 6) is 0.276. The smallest absolute Gasteiger partial charge is 0.221 e. The third kappa shape index (κ3) is 3.85. The Hall–Kier alpha value is -2.13. The Morgan fingerprint density at radius 1 is 1.04 bits per heavy atom. The van der Waals surface area contributed by atoms with E-state index in [1.165, 1.54) is 0 Å². The molecule has 0 aliphatic rings. The predicted octanol–water partition coefficient (Wildman–Crippen LogP) is 4.12. The number of amides is 1. The number of carbonyl (C=O) groups excluding carboxylic acids is 1. The summed E-state index contributed by atoms with van der Waals surface area (Å²) in [5, 5.41) is 9.65. The monoisotopic (exact) mass is 325 g/mol. The first kappa shape index (κ1) is 18.2. The minimum atomic E-state index is -0.303. The molecule has 0 aliphatic heterocycles.